The van der Waals surface area contributed by atoms with Crippen molar-refractivity contribution in [2.24, 2.45) is 5.92 Å². The fraction of sp³-hybridized carbons (Fsp3) is 0.462. The standard InChI is InChI=1S/C13H16FNO2S/c14-11-1-3-12(4-2-11)18-6-5-13(17)15-7-10(8-15)9-16/h1-4,10,16H,5-9H2. The Morgan fingerprint density at radius 1 is 1.39 bits per heavy atom. The number of aliphatic hydroxyl groups is 1. The highest BCUT2D eigenvalue weighted by molar-refractivity contribution is 7.99. The average molecular weight is 269 g/mol. The molecule has 1 heterocycles. The molecule has 0 radical (unpaired) electrons. The molecule has 1 aromatic rings. The predicted molar refractivity (Wildman–Crippen MR) is 68.9 cm³/mol. The van der Waals surface area contributed by atoms with Crippen molar-refractivity contribution in [3.8, 4) is 0 Å². The fourth-order valence-corrected chi connectivity index (χ4v) is 2.68. The number of nitrogens with zero attached hydrogens (tertiary/aromatic N) is 1. The second kappa shape index (κ2) is 6.20. The van der Waals surface area contributed by atoms with Gasteiger partial charge in [0.25, 0.3) is 0 Å². The van der Waals surface area contributed by atoms with Crippen molar-refractivity contribution >= 4 is 17.7 Å². The molecule has 0 atom stereocenters. The number of benzene rings is 1. The lowest BCUT2D eigenvalue weighted by Crippen LogP contribution is -2.51. The van der Waals surface area contributed by atoms with Gasteiger partial charge in [-0.05, 0) is 24.3 Å². The number of hydrogen-bond acceptors (Lipinski definition) is 3. The van der Waals surface area contributed by atoms with E-state index in [1.54, 1.807) is 28.8 Å². The maximum atomic E-state index is 12.7. The number of carbonyl (C=O) groups excluding carboxylic acids is 1. The molecule has 0 bridgehead atoms. The van der Waals surface area contributed by atoms with Crippen molar-refractivity contribution in [3.63, 3.8) is 0 Å². The first-order chi connectivity index (χ1) is 8.69. The molecule has 1 fully saturated rings. The van der Waals surface area contributed by atoms with Crippen LogP contribution < -0.4 is 0 Å². The SMILES string of the molecule is O=C(CCSc1ccc(F)cc1)N1CC(CO)C1. The van der Waals surface area contributed by atoms with E-state index < -0.39 is 0 Å². The number of aliphatic hydroxyl groups excluding tert-OH is 1. The van der Waals surface area contributed by atoms with Crippen LogP contribution in [-0.2, 0) is 4.79 Å². The van der Waals surface area contributed by atoms with Gasteiger partial charge in [0, 0.05) is 42.7 Å². The Labute approximate surface area is 110 Å². The summed E-state index contributed by atoms with van der Waals surface area (Å²) in [6.07, 6.45) is 0.486. The molecule has 0 saturated carbocycles. The van der Waals surface area contributed by atoms with Gasteiger partial charge in [-0.3, -0.25) is 4.79 Å². The van der Waals surface area contributed by atoms with Crippen molar-refractivity contribution in [1.82, 2.24) is 4.90 Å². The number of thioether (sulfide) groups is 1. The topological polar surface area (TPSA) is 40.5 Å². The first kappa shape index (κ1) is 13.4. The van der Waals surface area contributed by atoms with E-state index in [9.17, 15) is 9.18 Å². The molecule has 1 aromatic carbocycles. The Balaban J connectivity index is 1.66. The summed E-state index contributed by atoms with van der Waals surface area (Å²) in [5, 5.41) is 8.86. The molecule has 0 spiro atoms. The van der Waals surface area contributed by atoms with Crippen molar-refractivity contribution in [2.75, 3.05) is 25.4 Å². The van der Waals surface area contributed by atoms with Gasteiger partial charge in [-0.1, -0.05) is 0 Å². The molecular formula is C13H16FNO2S. The zero-order valence-electron chi connectivity index (χ0n) is 10.0. The molecule has 1 aliphatic rings. The zero-order chi connectivity index (χ0) is 13.0. The van der Waals surface area contributed by atoms with E-state index in [1.807, 2.05) is 0 Å². The smallest absolute Gasteiger partial charge is 0.223 e. The Bertz CT molecular complexity index is 404. The molecule has 3 nitrogen and oxygen atoms in total. The highest BCUT2D eigenvalue weighted by Gasteiger charge is 2.29. The zero-order valence-corrected chi connectivity index (χ0v) is 10.8. The minimum Gasteiger partial charge on any atom is -0.396 e. The number of halogens is 1. The van der Waals surface area contributed by atoms with Gasteiger partial charge >= 0.3 is 0 Å². The molecule has 1 amide bonds. The number of carbonyl (C=O) groups is 1. The third-order valence-electron chi connectivity index (χ3n) is 2.97. The van der Waals surface area contributed by atoms with Gasteiger partial charge < -0.3 is 10.0 Å². The monoisotopic (exact) mass is 269 g/mol. The molecule has 2 rings (SSSR count). The van der Waals surface area contributed by atoms with Gasteiger partial charge in [-0.2, -0.15) is 0 Å². The van der Waals surface area contributed by atoms with E-state index in [4.69, 9.17) is 5.11 Å². The molecule has 0 unspecified atom stereocenters. The van der Waals surface area contributed by atoms with E-state index in [2.05, 4.69) is 0 Å². The summed E-state index contributed by atoms with van der Waals surface area (Å²) in [6.45, 7) is 1.52. The van der Waals surface area contributed by atoms with E-state index in [1.165, 1.54) is 12.1 Å². The third-order valence-corrected chi connectivity index (χ3v) is 3.98. The Kier molecular flexibility index (Phi) is 4.60. The molecular weight excluding hydrogens is 253 g/mol. The van der Waals surface area contributed by atoms with Crippen LogP contribution in [0.15, 0.2) is 29.2 Å². The van der Waals surface area contributed by atoms with Crippen LogP contribution in [0.25, 0.3) is 0 Å². The van der Waals surface area contributed by atoms with Gasteiger partial charge in [-0.15, -0.1) is 11.8 Å². The van der Waals surface area contributed by atoms with Crippen LogP contribution in [0.1, 0.15) is 6.42 Å². The van der Waals surface area contributed by atoms with Crippen LogP contribution in [0.4, 0.5) is 4.39 Å². The first-order valence-corrected chi connectivity index (χ1v) is 6.94. The summed E-state index contributed by atoms with van der Waals surface area (Å²) in [6, 6.07) is 6.28. The van der Waals surface area contributed by atoms with E-state index >= 15 is 0 Å². The van der Waals surface area contributed by atoms with Crippen LogP contribution in [0.2, 0.25) is 0 Å². The van der Waals surface area contributed by atoms with Gasteiger partial charge in [-0.25, -0.2) is 4.39 Å². The van der Waals surface area contributed by atoms with E-state index in [0.717, 1.165) is 4.90 Å². The fourth-order valence-electron chi connectivity index (χ4n) is 1.83. The third kappa shape index (κ3) is 3.46. The molecule has 5 heteroatoms. The van der Waals surface area contributed by atoms with Crippen molar-refractivity contribution in [1.29, 1.82) is 0 Å². The second-order valence-corrected chi connectivity index (χ2v) is 5.57. The number of likely N-dealkylation sites (tertiary alicyclic amines) is 1. The van der Waals surface area contributed by atoms with Crippen LogP contribution >= 0.6 is 11.8 Å². The molecule has 1 aliphatic heterocycles. The van der Waals surface area contributed by atoms with Gasteiger partial charge in [0.2, 0.25) is 5.91 Å². The molecule has 0 aliphatic carbocycles. The summed E-state index contributed by atoms with van der Waals surface area (Å²) in [7, 11) is 0. The summed E-state index contributed by atoms with van der Waals surface area (Å²) in [4.78, 5) is 14.4. The lowest BCUT2D eigenvalue weighted by Gasteiger charge is -2.38. The van der Waals surface area contributed by atoms with Crippen LogP contribution in [0, 0.1) is 11.7 Å². The second-order valence-electron chi connectivity index (χ2n) is 4.40. The predicted octanol–water partition coefficient (Wildman–Crippen LogP) is 1.76. The van der Waals surface area contributed by atoms with Gasteiger partial charge in [0.05, 0.1) is 0 Å². The Morgan fingerprint density at radius 2 is 2.06 bits per heavy atom. The first-order valence-electron chi connectivity index (χ1n) is 5.96. The van der Waals surface area contributed by atoms with Gasteiger partial charge in [0.1, 0.15) is 5.82 Å². The summed E-state index contributed by atoms with van der Waals surface area (Å²) < 4.78 is 12.7. The molecule has 1 saturated heterocycles. The lowest BCUT2D eigenvalue weighted by atomic mass is 10.0. The number of hydrogen-bond donors (Lipinski definition) is 1. The summed E-state index contributed by atoms with van der Waals surface area (Å²) in [5.74, 6) is 0.851. The van der Waals surface area contributed by atoms with E-state index in [0.29, 0.717) is 25.3 Å². The minimum absolute atomic E-state index is 0.134. The highest BCUT2D eigenvalue weighted by atomic mass is 32.2. The largest absolute Gasteiger partial charge is 0.396 e. The minimum atomic E-state index is -0.244. The van der Waals surface area contributed by atoms with Crippen LogP contribution in [0.3, 0.4) is 0 Å². The maximum absolute atomic E-state index is 12.7. The van der Waals surface area contributed by atoms with Gasteiger partial charge in [0.15, 0.2) is 0 Å². The number of rotatable bonds is 5. The molecule has 98 valence electrons. The molecule has 1 N–H and O–H groups in total. The Morgan fingerprint density at radius 3 is 2.67 bits per heavy atom. The highest BCUT2D eigenvalue weighted by Crippen LogP contribution is 2.21. The van der Waals surface area contributed by atoms with Crippen molar-refractivity contribution < 1.29 is 14.3 Å². The Hall–Kier alpha value is -1.07. The normalized spacial score (nSPS) is 15.6. The quantitative estimate of drug-likeness (QED) is 0.828. The van der Waals surface area contributed by atoms with Crippen LogP contribution in [0.5, 0.6) is 0 Å². The van der Waals surface area contributed by atoms with Crippen molar-refractivity contribution in [3.05, 3.63) is 30.1 Å². The number of amides is 1. The molecule has 0 aromatic heterocycles. The summed E-state index contributed by atoms with van der Waals surface area (Å²) in [5.41, 5.74) is 0. The average Bonchev–Trinajstić information content (AvgIpc) is 2.30. The summed E-state index contributed by atoms with van der Waals surface area (Å²) >= 11 is 1.55. The lowest BCUT2D eigenvalue weighted by molar-refractivity contribution is -0.137. The molecule has 18 heavy (non-hydrogen) atoms. The van der Waals surface area contributed by atoms with Crippen LogP contribution in [-0.4, -0.2) is 41.4 Å². The van der Waals surface area contributed by atoms with E-state index in [-0.39, 0.29) is 24.2 Å². The van der Waals surface area contributed by atoms with Crippen molar-refractivity contribution in [2.45, 2.75) is 11.3 Å². The maximum Gasteiger partial charge on any atom is 0.223 e.